The van der Waals surface area contributed by atoms with Crippen LogP contribution in [0.5, 0.6) is 11.6 Å². The van der Waals surface area contributed by atoms with Crippen molar-refractivity contribution in [1.29, 1.82) is 0 Å². The van der Waals surface area contributed by atoms with Crippen molar-refractivity contribution < 1.29 is 10.2 Å². The highest BCUT2D eigenvalue weighted by atomic mass is 16.3. The molecule has 0 saturated heterocycles. The maximum absolute atomic E-state index is 9.44. The molecular formula is C9H11NO2. The zero-order valence-electron chi connectivity index (χ0n) is 6.75. The van der Waals surface area contributed by atoms with E-state index in [1.807, 2.05) is 0 Å². The van der Waals surface area contributed by atoms with Crippen molar-refractivity contribution in [2.75, 3.05) is 0 Å². The van der Waals surface area contributed by atoms with Gasteiger partial charge in [-0.1, -0.05) is 0 Å². The van der Waals surface area contributed by atoms with Crippen molar-refractivity contribution in [1.82, 2.24) is 4.98 Å². The van der Waals surface area contributed by atoms with Crippen LogP contribution in [0.4, 0.5) is 0 Å². The summed E-state index contributed by atoms with van der Waals surface area (Å²) in [6.07, 6.45) is 3.96. The first-order chi connectivity index (χ1) is 5.77. The number of hydrogen-bond acceptors (Lipinski definition) is 3. The molecule has 1 aromatic heterocycles. The van der Waals surface area contributed by atoms with E-state index in [2.05, 4.69) is 4.98 Å². The molecule has 0 fully saturated rings. The van der Waals surface area contributed by atoms with Gasteiger partial charge in [-0.2, -0.15) is 0 Å². The summed E-state index contributed by atoms with van der Waals surface area (Å²) < 4.78 is 0. The molecule has 1 aliphatic rings. The summed E-state index contributed by atoms with van der Waals surface area (Å²) in [5.74, 6) is 0.116. The summed E-state index contributed by atoms with van der Waals surface area (Å²) in [4.78, 5) is 3.97. The molecule has 0 bridgehead atoms. The molecule has 0 radical (unpaired) electrons. The SMILES string of the molecule is Oc1cc(O)c2c(n1)CCCC2. The van der Waals surface area contributed by atoms with Crippen LogP contribution in [0.1, 0.15) is 24.1 Å². The van der Waals surface area contributed by atoms with Crippen molar-refractivity contribution in [3.63, 3.8) is 0 Å². The molecule has 0 unspecified atom stereocenters. The molecule has 0 aromatic carbocycles. The van der Waals surface area contributed by atoms with Crippen LogP contribution in [-0.4, -0.2) is 15.2 Å². The number of nitrogens with zero attached hydrogens (tertiary/aromatic N) is 1. The highest BCUT2D eigenvalue weighted by Crippen LogP contribution is 2.29. The lowest BCUT2D eigenvalue weighted by Gasteiger charge is -2.15. The molecule has 1 aromatic rings. The predicted octanol–water partition coefficient (Wildman–Crippen LogP) is 1.37. The number of rotatable bonds is 0. The molecule has 2 N–H and O–H groups in total. The molecule has 0 saturated carbocycles. The highest BCUT2D eigenvalue weighted by Gasteiger charge is 2.15. The first-order valence-electron chi connectivity index (χ1n) is 4.18. The zero-order chi connectivity index (χ0) is 8.55. The fraction of sp³-hybridized carbons (Fsp3) is 0.444. The Bertz CT molecular complexity index is 310. The maximum Gasteiger partial charge on any atom is 0.214 e. The number of aromatic nitrogens is 1. The summed E-state index contributed by atoms with van der Waals surface area (Å²) >= 11 is 0. The van der Waals surface area contributed by atoms with E-state index in [1.165, 1.54) is 6.07 Å². The van der Waals surface area contributed by atoms with Gasteiger partial charge in [0.2, 0.25) is 5.88 Å². The summed E-state index contributed by atoms with van der Waals surface area (Å²) in [5.41, 5.74) is 1.78. The summed E-state index contributed by atoms with van der Waals surface area (Å²) in [5, 5.41) is 18.5. The lowest BCUT2D eigenvalue weighted by molar-refractivity contribution is 0.423. The van der Waals surface area contributed by atoms with Gasteiger partial charge in [-0.15, -0.1) is 0 Å². The van der Waals surface area contributed by atoms with E-state index in [4.69, 9.17) is 5.11 Å². The topological polar surface area (TPSA) is 53.4 Å². The smallest absolute Gasteiger partial charge is 0.214 e. The van der Waals surface area contributed by atoms with E-state index in [0.717, 1.165) is 36.9 Å². The van der Waals surface area contributed by atoms with Gasteiger partial charge in [-0.25, -0.2) is 4.98 Å². The second-order valence-corrected chi connectivity index (χ2v) is 3.13. The molecule has 0 atom stereocenters. The average Bonchev–Trinajstić information content (AvgIpc) is 2.04. The summed E-state index contributed by atoms with van der Waals surface area (Å²) in [6, 6.07) is 1.31. The van der Waals surface area contributed by atoms with Gasteiger partial charge < -0.3 is 10.2 Å². The van der Waals surface area contributed by atoms with Gasteiger partial charge in [0.1, 0.15) is 5.75 Å². The largest absolute Gasteiger partial charge is 0.507 e. The van der Waals surface area contributed by atoms with Crippen LogP contribution in [0.3, 0.4) is 0 Å². The number of aromatic hydroxyl groups is 2. The van der Waals surface area contributed by atoms with E-state index in [0.29, 0.717) is 0 Å². The van der Waals surface area contributed by atoms with Crippen LogP contribution >= 0.6 is 0 Å². The number of aryl methyl sites for hydroxylation is 1. The normalized spacial score (nSPS) is 15.7. The monoisotopic (exact) mass is 165 g/mol. The molecule has 64 valence electrons. The van der Waals surface area contributed by atoms with Crippen molar-refractivity contribution in [2.45, 2.75) is 25.7 Å². The molecule has 0 spiro atoms. The number of pyridine rings is 1. The molecule has 1 heterocycles. The average molecular weight is 165 g/mol. The standard InChI is InChI=1S/C9H11NO2/c11-8-5-9(12)10-7-4-2-1-3-6(7)8/h5H,1-4H2,(H2,10,11,12). The Labute approximate surface area is 70.7 Å². The van der Waals surface area contributed by atoms with Crippen LogP contribution in [0.15, 0.2) is 6.07 Å². The van der Waals surface area contributed by atoms with Crippen LogP contribution in [0.2, 0.25) is 0 Å². The molecule has 2 rings (SSSR count). The molecule has 3 heteroatoms. The molecular weight excluding hydrogens is 154 g/mol. The zero-order valence-corrected chi connectivity index (χ0v) is 6.75. The third-order valence-electron chi connectivity index (χ3n) is 2.26. The Morgan fingerprint density at radius 2 is 1.92 bits per heavy atom. The van der Waals surface area contributed by atoms with E-state index >= 15 is 0 Å². The van der Waals surface area contributed by atoms with Gasteiger partial charge in [-0.3, -0.25) is 0 Å². The highest BCUT2D eigenvalue weighted by molar-refractivity contribution is 5.40. The molecule has 1 aliphatic carbocycles. The first-order valence-corrected chi connectivity index (χ1v) is 4.18. The quantitative estimate of drug-likeness (QED) is 0.610. The predicted molar refractivity (Wildman–Crippen MR) is 44.2 cm³/mol. The Morgan fingerprint density at radius 3 is 2.75 bits per heavy atom. The molecule has 0 amide bonds. The molecule has 0 aliphatic heterocycles. The fourth-order valence-electron chi connectivity index (χ4n) is 1.67. The van der Waals surface area contributed by atoms with Crippen molar-refractivity contribution in [3.05, 3.63) is 17.3 Å². The molecule has 3 nitrogen and oxygen atoms in total. The van der Waals surface area contributed by atoms with Gasteiger partial charge in [0.05, 0.1) is 5.69 Å². The van der Waals surface area contributed by atoms with Crippen molar-refractivity contribution >= 4 is 0 Å². The minimum Gasteiger partial charge on any atom is -0.507 e. The second kappa shape index (κ2) is 2.66. The van der Waals surface area contributed by atoms with Gasteiger partial charge in [-0.05, 0) is 25.7 Å². The summed E-state index contributed by atoms with van der Waals surface area (Å²) in [6.45, 7) is 0. The minimum absolute atomic E-state index is 0.0758. The third-order valence-corrected chi connectivity index (χ3v) is 2.26. The first kappa shape index (κ1) is 7.40. The van der Waals surface area contributed by atoms with Gasteiger partial charge in [0, 0.05) is 11.6 Å². The molecule has 12 heavy (non-hydrogen) atoms. The van der Waals surface area contributed by atoms with Crippen LogP contribution in [0, 0.1) is 0 Å². The lowest BCUT2D eigenvalue weighted by atomic mass is 9.95. The Morgan fingerprint density at radius 1 is 1.17 bits per heavy atom. The van der Waals surface area contributed by atoms with Gasteiger partial charge >= 0.3 is 0 Å². The Hall–Kier alpha value is -1.25. The summed E-state index contributed by atoms with van der Waals surface area (Å²) in [7, 11) is 0. The van der Waals surface area contributed by atoms with Gasteiger partial charge in [0.15, 0.2) is 0 Å². The van der Waals surface area contributed by atoms with Crippen molar-refractivity contribution in [2.24, 2.45) is 0 Å². The van der Waals surface area contributed by atoms with Crippen LogP contribution < -0.4 is 0 Å². The van der Waals surface area contributed by atoms with E-state index in [9.17, 15) is 5.11 Å². The fourth-order valence-corrected chi connectivity index (χ4v) is 1.67. The van der Waals surface area contributed by atoms with E-state index in [1.54, 1.807) is 0 Å². The Balaban J connectivity index is 2.53. The van der Waals surface area contributed by atoms with Crippen LogP contribution in [-0.2, 0) is 12.8 Å². The lowest BCUT2D eigenvalue weighted by Crippen LogP contribution is -2.04. The Kier molecular flexibility index (Phi) is 1.64. The maximum atomic E-state index is 9.44. The van der Waals surface area contributed by atoms with Crippen molar-refractivity contribution in [3.8, 4) is 11.6 Å². The third kappa shape index (κ3) is 1.11. The number of hydrogen-bond donors (Lipinski definition) is 2. The van der Waals surface area contributed by atoms with Crippen LogP contribution in [0.25, 0.3) is 0 Å². The minimum atomic E-state index is -0.0758. The second-order valence-electron chi connectivity index (χ2n) is 3.13. The van der Waals surface area contributed by atoms with E-state index in [-0.39, 0.29) is 11.6 Å². The van der Waals surface area contributed by atoms with E-state index < -0.39 is 0 Å². The number of fused-ring (bicyclic) bond motifs is 1. The van der Waals surface area contributed by atoms with Gasteiger partial charge in [0.25, 0.3) is 0 Å².